The molecule has 0 bridgehead atoms. The number of hydroxylamine groups is 2. The predicted molar refractivity (Wildman–Crippen MR) is 86.7 cm³/mol. The highest BCUT2D eigenvalue weighted by molar-refractivity contribution is 5.13. The van der Waals surface area contributed by atoms with Crippen LogP contribution in [0.5, 0.6) is 0 Å². The second-order valence-corrected chi connectivity index (χ2v) is 6.20. The van der Waals surface area contributed by atoms with Crippen molar-refractivity contribution in [3.63, 3.8) is 0 Å². The van der Waals surface area contributed by atoms with Crippen LogP contribution in [0.3, 0.4) is 0 Å². The van der Waals surface area contributed by atoms with Gasteiger partial charge < -0.3 is 14.2 Å². The molecule has 2 saturated heterocycles. The molecular weight excluding hydrogens is 294 g/mol. The van der Waals surface area contributed by atoms with Gasteiger partial charge in [0.15, 0.2) is 6.29 Å². The van der Waals surface area contributed by atoms with Crippen LogP contribution in [0.4, 0.5) is 0 Å². The number of piperidine rings is 1. The molecule has 2 aliphatic heterocycles. The zero-order valence-electron chi connectivity index (χ0n) is 13.9. The summed E-state index contributed by atoms with van der Waals surface area (Å²) in [5.74, 6) is 0. The molecule has 0 saturated carbocycles. The maximum Gasteiger partial charge on any atom is 0.160 e. The fourth-order valence-corrected chi connectivity index (χ4v) is 3.10. The Labute approximate surface area is 138 Å². The van der Waals surface area contributed by atoms with Gasteiger partial charge in [-0.1, -0.05) is 36.8 Å². The Morgan fingerprint density at radius 2 is 1.91 bits per heavy atom. The molecule has 3 atom stereocenters. The van der Waals surface area contributed by atoms with Crippen LogP contribution in [0.25, 0.3) is 0 Å². The van der Waals surface area contributed by atoms with Crippen LogP contribution >= 0.6 is 0 Å². The topological polar surface area (TPSA) is 40.2 Å². The normalized spacial score (nSPS) is 29.0. The molecule has 5 nitrogen and oxygen atoms in total. The van der Waals surface area contributed by atoms with E-state index >= 15 is 0 Å². The van der Waals surface area contributed by atoms with Crippen molar-refractivity contribution in [1.29, 1.82) is 0 Å². The number of nitrogens with zero attached hydrogens (tertiary/aromatic N) is 1. The van der Waals surface area contributed by atoms with Gasteiger partial charge in [0.05, 0.1) is 19.3 Å². The number of rotatable bonds is 7. The molecular formula is C18H27NO4. The number of benzene rings is 1. The zero-order chi connectivity index (χ0) is 15.9. The molecule has 128 valence electrons. The Bertz CT molecular complexity index is 450. The highest BCUT2D eigenvalue weighted by Gasteiger charge is 2.37. The largest absolute Gasteiger partial charge is 0.371 e. The average Bonchev–Trinajstić information content (AvgIpc) is 3.02. The van der Waals surface area contributed by atoms with Crippen molar-refractivity contribution >= 4 is 0 Å². The Kier molecular flexibility index (Phi) is 6.42. The van der Waals surface area contributed by atoms with E-state index in [1.807, 2.05) is 18.2 Å². The molecule has 0 radical (unpaired) electrons. The fourth-order valence-electron chi connectivity index (χ4n) is 3.10. The molecule has 2 aliphatic rings. The lowest BCUT2D eigenvalue weighted by molar-refractivity contribution is -0.212. The molecule has 0 spiro atoms. The third kappa shape index (κ3) is 4.99. The van der Waals surface area contributed by atoms with E-state index in [1.54, 1.807) is 7.11 Å². The highest BCUT2D eigenvalue weighted by Crippen LogP contribution is 2.25. The summed E-state index contributed by atoms with van der Waals surface area (Å²) < 4.78 is 17.3. The van der Waals surface area contributed by atoms with E-state index < -0.39 is 0 Å². The summed E-state index contributed by atoms with van der Waals surface area (Å²) in [6.07, 6.45) is 4.19. The van der Waals surface area contributed by atoms with Gasteiger partial charge >= 0.3 is 0 Å². The number of ether oxygens (including phenoxy) is 3. The summed E-state index contributed by atoms with van der Waals surface area (Å²) in [6, 6.07) is 10.2. The quantitative estimate of drug-likeness (QED) is 0.772. The van der Waals surface area contributed by atoms with Gasteiger partial charge in [-0.05, 0) is 18.4 Å². The lowest BCUT2D eigenvalue weighted by Crippen LogP contribution is -2.36. The number of hydrogen-bond donors (Lipinski definition) is 0. The van der Waals surface area contributed by atoms with Gasteiger partial charge in [0, 0.05) is 26.6 Å². The first kappa shape index (κ1) is 16.9. The number of hydrogen-bond acceptors (Lipinski definition) is 5. The van der Waals surface area contributed by atoms with Crippen LogP contribution < -0.4 is 0 Å². The van der Waals surface area contributed by atoms with Crippen LogP contribution in [0, 0.1) is 0 Å². The third-order valence-corrected chi connectivity index (χ3v) is 4.47. The molecule has 1 unspecified atom stereocenters. The summed E-state index contributed by atoms with van der Waals surface area (Å²) in [4.78, 5) is 5.91. The van der Waals surface area contributed by atoms with Crippen molar-refractivity contribution in [2.45, 2.75) is 50.8 Å². The van der Waals surface area contributed by atoms with Crippen LogP contribution in [-0.2, 0) is 25.7 Å². The summed E-state index contributed by atoms with van der Waals surface area (Å²) >= 11 is 0. The van der Waals surface area contributed by atoms with Crippen LogP contribution in [0.15, 0.2) is 30.3 Å². The summed E-state index contributed by atoms with van der Waals surface area (Å²) in [7, 11) is 1.67. The molecule has 1 aromatic rings. The highest BCUT2D eigenvalue weighted by atomic mass is 16.7. The molecule has 0 amide bonds. The van der Waals surface area contributed by atoms with E-state index in [0.29, 0.717) is 13.2 Å². The fraction of sp³-hybridized carbons (Fsp3) is 0.667. The van der Waals surface area contributed by atoms with Gasteiger partial charge in [0.2, 0.25) is 0 Å². The molecule has 0 aromatic heterocycles. The maximum atomic E-state index is 6.07. The van der Waals surface area contributed by atoms with E-state index in [0.717, 1.165) is 19.5 Å². The minimum atomic E-state index is -0.203. The predicted octanol–water partition coefficient (Wildman–Crippen LogP) is 2.75. The smallest absolute Gasteiger partial charge is 0.160 e. The molecule has 1 aromatic carbocycles. The SMILES string of the molecule is CO[C@H]1C[C@H](OCc2ccccc2)C(CON2CCCCC2)O1. The van der Waals surface area contributed by atoms with Gasteiger partial charge in [0.1, 0.15) is 6.10 Å². The maximum absolute atomic E-state index is 6.07. The molecule has 2 fully saturated rings. The Morgan fingerprint density at radius 1 is 1.13 bits per heavy atom. The minimum absolute atomic E-state index is 0.00458. The minimum Gasteiger partial charge on any atom is -0.371 e. The van der Waals surface area contributed by atoms with Crippen molar-refractivity contribution in [3.8, 4) is 0 Å². The van der Waals surface area contributed by atoms with E-state index in [2.05, 4.69) is 17.2 Å². The molecule has 23 heavy (non-hydrogen) atoms. The average molecular weight is 321 g/mol. The van der Waals surface area contributed by atoms with Gasteiger partial charge in [-0.25, -0.2) is 0 Å². The Morgan fingerprint density at radius 3 is 2.65 bits per heavy atom. The first-order valence-electron chi connectivity index (χ1n) is 8.57. The Hall–Kier alpha value is -0.980. The van der Waals surface area contributed by atoms with Gasteiger partial charge in [0.25, 0.3) is 0 Å². The van der Waals surface area contributed by atoms with Crippen molar-refractivity contribution in [2.24, 2.45) is 0 Å². The standard InChI is InChI=1S/C18H27NO4/c1-20-18-12-16(21-13-15-8-4-2-5-9-15)17(23-18)14-22-19-10-6-3-7-11-19/h2,4-5,8-9,16-18H,3,6-7,10-14H2,1H3/t16-,17?,18+/m0/s1. The Balaban J connectivity index is 1.49. The first-order chi connectivity index (χ1) is 11.3. The number of methoxy groups -OCH3 is 1. The molecule has 2 heterocycles. The molecule has 0 aliphatic carbocycles. The molecule has 5 heteroatoms. The third-order valence-electron chi connectivity index (χ3n) is 4.47. The monoisotopic (exact) mass is 321 g/mol. The van der Waals surface area contributed by atoms with E-state index in [4.69, 9.17) is 19.0 Å². The van der Waals surface area contributed by atoms with Gasteiger partial charge in [-0.2, -0.15) is 5.06 Å². The first-order valence-corrected chi connectivity index (χ1v) is 8.57. The zero-order valence-corrected chi connectivity index (χ0v) is 13.9. The van der Waals surface area contributed by atoms with E-state index in [9.17, 15) is 0 Å². The van der Waals surface area contributed by atoms with Crippen LogP contribution in [-0.4, -0.2) is 50.4 Å². The summed E-state index contributed by atoms with van der Waals surface area (Å²) in [6.45, 7) is 3.14. The lowest BCUT2D eigenvalue weighted by Gasteiger charge is -2.28. The van der Waals surface area contributed by atoms with Crippen LogP contribution in [0.1, 0.15) is 31.2 Å². The van der Waals surface area contributed by atoms with E-state index in [-0.39, 0.29) is 18.5 Å². The van der Waals surface area contributed by atoms with Crippen molar-refractivity contribution < 1.29 is 19.0 Å². The van der Waals surface area contributed by atoms with Gasteiger partial charge in [-0.15, -0.1) is 0 Å². The van der Waals surface area contributed by atoms with E-state index in [1.165, 1.54) is 24.8 Å². The second kappa shape index (κ2) is 8.76. The summed E-state index contributed by atoms with van der Waals surface area (Å²) in [5.41, 5.74) is 1.17. The van der Waals surface area contributed by atoms with Crippen molar-refractivity contribution in [3.05, 3.63) is 35.9 Å². The van der Waals surface area contributed by atoms with Gasteiger partial charge in [-0.3, -0.25) is 4.84 Å². The van der Waals surface area contributed by atoms with Crippen LogP contribution in [0.2, 0.25) is 0 Å². The molecule has 0 N–H and O–H groups in total. The second-order valence-electron chi connectivity index (χ2n) is 6.20. The molecule has 3 rings (SSSR count). The lowest BCUT2D eigenvalue weighted by atomic mass is 10.2. The van der Waals surface area contributed by atoms with Crippen molar-refractivity contribution in [2.75, 3.05) is 26.8 Å². The van der Waals surface area contributed by atoms with Crippen molar-refractivity contribution in [1.82, 2.24) is 5.06 Å². The summed E-state index contributed by atoms with van der Waals surface area (Å²) in [5, 5.41) is 2.06.